The number of carbonyl (C=O) groups excluding carboxylic acids is 1. The molecule has 1 aromatic carbocycles. The highest BCUT2D eigenvalue weighted by Crippen LogP contribution is 2.42. The van der Waals surface area contributed by atoms with E-state index in [1.54, 1.807) is 0 Å². The van der Waals surface area contributed by atoms with Crippen molar-refractivity contribution >= 4 is 28.7 Å². The van der Waals surface area contributed by atoms with Gasteiger partial charge in [0.15, 0.2) is 0 Å². The summed E-state index contributed by atoms with van der Waals surface area (Å²) in [5, 5.41) is 0. The topological polar surface area (TPSA) is 52.1 Å². The smallest absolute Gasteiger partial charge is 0.311 e. The van der Waals surface area contributed by atoms with Crippen LogP contribution in [-0.4, -0.2) is 14.7 Å². The van der Waals surface area contributed by atoms with Crippen molar-refractivity contribution in [2.75, 3.05) is 0 Å². The van der Waals surface area contributed by atoms with Gasteiger partial charge in [0, 0.05) is 11.5 Å². The molecule has 1 aromatic heterocycles. The first kappa shape index (κ1) is 10.7. The molecule has 0 radical (unpaired) electrons. The predicted molar refractivity (Wildman–Crippen MR) is 65.2 cm³/mol. The van der Waals surface area contributed by atoms with E-state index in [1.165, 1.54) is 11.7 Å². The lowest BCUT2D eigenvalue weighted by Gasteiger charge is -2.27. The van der Waals surface area contributed by atoms with Gasteiger partial charge in [-0.05, 0) is 18.1 Å². The summed E-state index contributed by atoms with van der Waals surface area (Å²) in [6.07, 6.45) is 0.432. The monoisotopic (exact) mass is 248 g/mol. The third-order valence-electron chi connectivity index (χ3n) is 3.21. The molecule has 5 heteroatoms. The maximum Gasteiger partial charge on any atom is 0.311 e. The molecule has 0 saturated carbocycles. The summed E-state index contributed by atoms with van der Waals surface area (Å²) in [7, 11) is 0. The maximum atomic E-state index is 11.6. The molecule has 2 heterocycles. The number of benzene rings is 1. The minimum absolute atomic E-state index is 0.154. The van der Waals surface area contributed by atoms with Gasteiger partial charge in [0.1, 0.15) is 16.8 Å². The van der Waals surface area contributed by atoms with Gasteiger partial charge < -0.3 is 4.74 Å². The van der Waals surface area contributed by atoms with Crippen molar-refractivity contribution in [1.82, 2.24) is 8.75 Å². The lowest BCUT2D eigenvalue weighted by Crippen LogP contribution is -2.23. The average molecular weight is 248 g/mol. The molecule has 3 rings (SSSR count). The van der Waals surface area contributed by atoms with Crippen LogP contribution >= 0.6 is 11.7 Å². The Kier molecular flexibility index (Phi) is 2.36. The van der Waals surface area contributed by atoms with Gasteiger partial charge in [-0.3, -0.25) is 4.79 Å². The van der Waals surface area contributed by atoms with Gasteiger partial charge in [0.25, 0.3) is 0 Å². The van der Waals surface area contributed by atoms with E-state index in [2.05, 4.69) is 22.6 Å². The molecule has 17 heavy (non-hydrogen) atoms. The third kappa shape index (κ3) is 1.61. The van der Waals surface area contributed by atoms with Crippen LogP contribution in [-0.2, 0) is 4.79 Å². The Morgan fingerprint density at radius 2 is 2.24 bits per heavy atom. The van der Waals surface area contributed by atoms with Crippen molar-refractivity contribution < 1.29 is 9.53 Å². The fourth-order valence-corrected chi connectivity index (χ4v) is 2.86. The lowest BCUT2D eigenvalue weighted by molar-refractivity contribution is -0.136. The number of rotatable bonds is 1. The molecule has 88 valence electrons. The van der Waals surface area contributed by atoms with E-state index in [-0.39, 0.29) is 11.9 Å². The molecule has 1 aliphatic heterocycles. The summed E-state index contributed by atoms with van der Waals surface area (Å²) < 4.78 is 13.8. The number of esters is 1. The van der Waals surface area contributed by atoms with Crippen LogP contribution in [0.5, 0.6) is 5.75 Å². The SMILES string of the molecule is CC(C)[C@@H]1CC(=O)Oc2ccc3nsnc3c21. The highest BCUT2D eigenvalue weighted by molar-refractivity contribution is 7.00. The van der Waals surface area contributed by atoms with E-state index in [1.807, 2.05) is 12.1 Å². The Morgan fingerprint density at radius 3 is 3.00 bits per heavy atom. The highest BCUT2D eigenvalue weighted by Gasteiger charge is 2.31. The van der Waals surface area contributed by atoms with E-state index in [4.69, 9.17) is 4.74 Å². The fraction of sp³-hybridized carbons (Fsp3) is 0.417. The summed E-state index contributed by atoms with van der Waals surface area (Å²) in [5.74, 6) is 1.06. The fourth-order valence-electron chi connectivity index (χ4n) is 2.32. The number of hydrogen-bond acceptors (Lipinski definition) is 5. The van der Waals surface area contributed by atoms with Gasteiger partial charge in [-0.25, -0.2) is 0 Å². The number of aromatic nitrogens is 2. The number of ether oxygens (including phenoxy) is 1. The first-order valence-corrected chi connectivity index (χ1v) is 6.35. The van der Waals surface area contributed by atoms with Crippen LogP contribution in [0.15, 0.2) is 12.1 Å². The second-order valence-corrected chi connectivity index (χ2v) is 5.17. The Labute approximate surface area is 103 Å². The van der Waals surface area contributed by atoms with Crippen LogP contribution in [0.2, 0.25) is 0 Å². The van der Waals surface area contributed by atoms with Crippen LogP contribution < -0.4 is 4.74 Å². The minimum Gasteiger partial charge on any atom is -0.426 e. The van der Waals surface area contributed by atoms with Gasteiger partial charge in [-0.1, -0.05) is 13.8 Å². The van der Waals surface area contributed by atoms with Crippen molar-refractivity contribution in [3.8, 4) is 5.75 Å². The summed E-state index contributed by atoms with van der Waals surface area (Å²) in [6, 6.07) is 3.68. The first-order chi connectivity index (χ1) is 8.16. The van der Waals surface area contributed by atoms with Crippen molar-refractivity contribution in [2.45, 2.75) is 26.2 Å². The zero-order valence-electron chi connectivity index (χ0n) is 9.64. The second-order valence-electron chi connectivity index (χ2n) is 4.64. The van der Waals surface area contributed by atoms with E-state index >= 15 is 0 Å². The Hall–Kier alpha value is -1.49. The molecule has 1 aliphatic rings. The normalized spacial score (nSPS) is 19.5. The van der Waals surface area contributed by atoms with Crippen LogP contribution in [0.25, 0.3) is 11.0 Å². The zero-order valence-corrected chi connectivity index (χ0v) is 10.5. The first-order valence-electron chi connectivity index (χ1n) is 5.62. The lowest BCUT2D eigenvalue weighted by atomic mass is 9.83. The molecule has 2 aromatic rings. The average Bonchev–Trinajstić information content (AvgIpc) is 2.75. The summed E-state index contributed by atoms with van der Waals surface area (Å²) in [5.41, 5.74) is 2.82. The second kappa shape index (κ2) is 3.77. The largest absolute Gasteiger partial charge is 0.426 e. The summed E-state index contributed by atoms with van der Waals surface area (Å²) in [4.78, 5) is 11.6. The molecule has 0 N–H and O–H groups in total. The van der Waals surface area contributed by atoms with E-state index in [0.29, 0.717) is 18.1 Å². The molecule has 0 bridgehead atoms. The van der Waals surface area contributed by atoms with Crippen molar-refractivity contribution in [1.29, 1.82) is 0 Å². The third-order valence-corrected chi connectivity index (χ3v) is 3.76. The van der Waals surface area contributed by atoms with Crippen molar-refractivity contribution in [2.24, 2.45) is 5.92 Å². The van der Waals surface area contributed by atoms with E-state index in [0.717, 1.165) is 16.6 Å². The van der Waals surface area contributed by atoms with Gasteiger partial charge in [-0.15, -0.1) is 0 Å². The van der Waals surface area contributed by atoms with E-state index in [9.17, 15) is 4.79 Å². The number of carbonyl (C=O) groups is 1. The molecule has 1 atom stereocenters. The molecule has 0 spiro atoms. The molecule has 0 saturated heterocycles. The number of fused-ring (bicyclic) bond motifs is 3. The van der Waals surface area contributed by atoms with Crippen LogP contribution in [0.3, 0.4) is 0 Å². The minimum atomic E-state index is -0.154. The van der Waals surface area contributed by atoms with Gasteiger partial charge >= 0.3 is 5.97 Å². The number of hydrogen-bond donors (Lipinski definition) is 0. The molecular formula is C12H12N2O2S. The molecule has 4 nitrogen and oxygen atoms in total. The van der Waals surface area contributed by atoms with Crippen molar-refractivity contribution in [3.63, 3.8) is 0 Å². The molecular weight excluding hydrogens is 236 g/mol. The molecule has 0 aliphatic carbocycles. The molecule has 0 unspecified atom stereocenters. The Bertz CT molecular complexity index is 591. The van der Waals surface area contributed by atoms with Gasteiger partial charge in [0.2, 0.25) is 0 Å². The standard InChI is InChI=1S/C12H12N2O2S/c1-6(2)7-5-10(15)16-9-4-3-8-12(11(7)9)14-17-13-8/h3-4,6-7H,5H2,1-2H3/t7-/m0/s1. The van der Waals surface area contributed by atoms with Crippen LogP contribution in [0, 0.1) is 5.92 Å². The quantitative estimate of drug-likeness (QED) is 0.575. The highest BCUT2D eigenvalue weighted by atomic mass is 32.1. The van der Waals surface area contributed by atoms with Gasteiger partial charge in [0.05, 0.1) is 18.1 Å². The Morgan fingerprint density at radius 1 is 1.41 bits per heavy atom. The zero-order chi connectivity index (χ0) is 12.0. The number of nitrogens with zero attached hydrogens (tertiary/aromatic N) is 2. The van der Waals surface area contributed by atoms with Crippen LogP contribution in [0.4, 0.5) is 0 Å². The van der Waals surface area contributed by atoms with Gasteiger partial charge in [-0.2, -0.15) is 8.75 Å². The maximum absolute atomic E-state index is 11.6. The summed E-state index contributed by atoms with van der Waals surface area (Å²) >= 11 is 1.20. The predicted octanol–water partition coefficient (Wildman–Crippen LogP) is 2.74. The summed E-state index contributed by atoms with van der Waals surface area (Å²) in [6.45, 7) is 4.23. The Balaban J connectivity index is 2.27. The van der Waals surface area contributed by atoms with Crippen LogP contribution in [0.1, 0.15) is 31.7 Å². The van der Waals surface area contributed by atoms with Crippen molar-refractivity contribution in [3.05, 3.63) is 17.7 Å². The van der Waals surface area contributed by atoms with E-state index < -0.39 is 0 Å². The molecule has 0 fully saturated rings. The molecule has 0 amide bonds.